The zero-order valence-electron chi connectivity index (χ0n) is 18.9. The monoisotopic (exact) mass is 472 g/mol. The maximum absolute atomic E-state index is 13.2. The minimum atomic E-state index is -1.16. The van der Waals surface area contributed by atoms with Gasteiger partial charge in [-0.2, -0.15) is 0 Å². The van der Waals surface area contributed by atoms with Crippen LogP contribution in [0, 0.1) is 6.92 Å². The summed E-state index contributed by atoms with van der Waals surface area (Å²) in [5.74, 6) is -0.615. The number of anilines is 1. The van der Waals surface area contributed by atoms with Gasteiger partial charge in [0.1, 0.15) is 10.8 Å². The van der Waals surface area contributed by atoms with Crippen molar-refractivity contribution in [1.29, 1.82) is 0 Å². The fourth-order valence-electron chi connectivity index (χ4n) is 3.31. The van der Waals surface area contributed by atoms with Gasteiger partial charge in [-0.15, -0.1) is 11.3 Å². The van der Waals surface area contributed by atoms with E-state index in [4.69, 9.17) is 9.47 Å². The van der Waals surface area contributed by atoms with Crippen LogP contribution in [-0.4, -0.2) is 23.5 Å². The van der Waals surface area contributed by atoms with Gasteiger partial charge in [0.2, 0.25) is 6.10 Å². The summed E-state index contributed by atoms with van der Waals surface area (Å²) < 4.78 is 11.3. The van der Waals surface area contributed by atoms with Gasteiger partial charge in [-0.05, 0) is 26.0 Å². The third-order valence-corrected chi connectivity index (χ3v) is 5.91. The lowest BCUT2D eigenvalue weighted by Crippen LogP contribution is -2.26. The summed E-state index contributed by atoms with van der Waals surface area (Å²) in [4.78, 5) is 30.6. The van der Waals surface area contributed by atoms with Crippen LogP contribution in [0.1, 0.15) is 34.6 Å². The topological polar surface area (TPSA) is 77.5 Å². The molecule has 0 bridgehead atoms. The number of aromatic nitrogens is 1. The average Bonchev–Trinajstić information content (AvgIpc) is 3.35. The molecule has 4 rings (SSSR count). The van der Waals surface area contributed by atoms with E-state index in [1.807, 2.05) is 50.2 Å². The van der Waals surface area contributed by atoms with Crippen LogP contribution in [0.2, 0.25) is 0 Å². The Hall–Kier alpha value is -3.97. The van der Waals surface area contributed by atoms with Crippen molar-refractivity contribution in [2.24, 2.45) is 0 Å². The first kappa shape index (κ1) is 23.2. The third kappa shape index (κ3) is 5.50. The summed E-state index contributed by atoms with van der Waals surface area (Å²) >= 11 is 1.35. The highest BCUT2D eigenvalue weighted by Crippen LogP contribution is 2.28. The van der Waals surface area contributed by atoms with Gasteiger partial charge in [0, 0.05) is 16.5 Å². The first-order chi connectivity index (χ1) is 16.5. The smallest absolute Gasteiger partial charge is 0.358 e. The maximum atomic E-state index is 13.2. The average molecular weight is 473 g/mol. The number of carbonyl (C=O) groups is 2. The molecule has 1 heterocycles. The Kier molecular flexibility index (Phi) is 7.34. The van der Waals surface area contributed by atoms with E-state index in [-0.39, 0.29) is 5.69 Å². The van der Waals surface area contributed by atoms with Crippen LogP contribution in [0.15, 0.2) is 84.2 Å². The van der Waals surface area contributed by atoms with Crippen LogP contribution in [0.5, 0.6) is 5.75 Å². The number of amides is 1. The molecule has 6 nitrogen and oxygen atoms in total. The van der Waals surface area contributed by atoms with Crippen molar-refractivity contribution >= 4 is 28.9 Å². The predicted octanol–water partition coefficient (Wildman–Crippen LogP) is 6.05. The third-order valence-electron chi connectivity index (χ3n) is 5.02. The van der Waals surface area contributed by atoms with Gasteiger partial charge in [-0.25, -0.2) is 9.78 Å². The highest BCUT2D eigenvalue weighted by molar-refractivity contribution is 7.13. The number of aryl methyl sites for hydroxylation is 1. The fourth-order valence-corrected chi connectivity index (χ4v) is 4.11. The van der Waals surface area contributed by atoms with Crippen molar-refractivity contribution in [3.63, 3.8) is 0 Å². The number of para-hydroxylation sites is 2. The molecule has 1 atom stereocenters. The Morgan fingerprint density at radius 1 is 0.971 bits per heavy atom. The van der Waals surface area contributed by atoms with Gasteiger partial charge in [0.05, 0.1) is 12.3 Å². The molecule has 4 aromatic rings. The Morgan fingerprint density at radius 3 is 2.41 bits per heavy atom. The minimum absolute atomic E-state index is 0.157. The highest BCUT2D eigenvalue weighted by atomic mass is 32.1. The minimum Gasteiger partial charge on any atom is -0.492 e. The molecule has 0 aliphatic rings. The molecule has 172 valence electrons. The van der Waals surface area contributed by atoms with Crippen molar-refractivity contribution in [2.75, 3.05) is 11.9 Å². The molecular weight excluding hydrogens is 448 g/mol. The molecule has 0 radical (unpaired) electrons. The first-order valence-electron chi connectivity index (χ1n) is 10.9. The second kappa shape index (κ2) is 10.8. The zero-order valence-corrected chi connectivity index (χ0v) is 19.7. The number of nitrogens with zero attached hydrogens (tertiary/aromatic N) is 1. The number of thiazole rings is 1. The van der Waals surface area contributed by atoms with E-state index in [2.05, 4.69) is 10.3 Å². The molecule has 0 saturated carbocycles. The Bertz CT molecular complexity index is 1270. The standard InChI is InChI=1S/C27H24N2O4S/c1-3-32-23-12-8-7-11-21(23)28-25(30)24(19-9-5-4-6-10-19)33-27(31)22-17-34-26(29-22)20-15-13-18(2)14-16-20/h4-17,24H,3H2,1-2H3,(H,28,30). The van der Waals surface area contributed by atoms with Gasteiger partial charge in [0.25, 0.3) is 5.91 Å². The molecule has 0 aliphatic carbocycles. The van der Waals surface area contributed by atoms with E-state index in [1.165, 1.54) is 11.3 Å². The van der Waals surface area contributed by atoms with E-state index < -0.39 is 18.0 Å². The molecule has 1 aromatic heterocycles. The number of esters is 1. The summed E-state index contributed by atoms with van der Waals surface area (Å²) in [7, 11) is 0. The van der Waals surface area contributed by atoms with E-state index in [1.54, 1.807) is 47.8 Å². The normalized spacial score (nSPS) is 11.5. The number of hydrogen-bond acceptors (Lipinski definition) is 6. The summed E-state index contributed by atoms with van der Waals surface area (Å²) in [5.41, 5.74) is 3.27. The zero-order chi connectivity index (χ0) is 23.9. The molecule has 0 spiro atoms. The van der Waals surface area contributed by atoms with Gasteiger partial charge in [0.15, 0.2) is 5.69 Å². The largest absolute Gasteiger partial charge is 0.492 e. The SMILES string of the molecule is CCOc1ccccc1NC(=O)C(OC(=O)c1csc(-c2ccc(C)cc2)n1)c1ccccc1. The maximum Gasteiger partial charge on any atom is 0.358 e. The van der Waals surface area contributed by atoms with Crippen LogP contribution < -0.4 is 10.1 Å². The molecule has 3 aromatic carbocycles. The van der Waals surface area contributed by atoms with Crippen LogP contribution in [0.25, 0.3) is 10.6 Å². The number of nitrogens with one attached hydrogen (secondary N) is 1. The first-order valence-corrected chi connectivity index (χ1v) is 11.7. The second-order valence-corrected chi connectivity index (χ2v) is 8.38. The fraction of sp³-hybridized carbons (Fsp3) is 0.148. The molecular formula is C27H24N2O4S. The second-order valence-electron chi connectivity index (χ2n) is 7.52. The van der Waals surface area contributed by atoms with Crippen molar-refractivity contribution in [3.8, 4) is 16.3 Å². The molecule has 0 saturated heterocycles. The summed E-state index contributed by atoms with van der Waals surface area (Å²) in [5, 5.41) is 5.18. The molecule has 7 heteroatoms. The molecule has 1 amide bonds. The van der Waals surface area contributed by atoms with Crippen LogP contribution >= 0.6 is 11.3 Å². The number of benzene rings is 3. The van der Waals surface area contributed by atoms with Crippen LogP contribution in [0.3, 0.4) is 0 Å². The Labute approximate surface area is 202 Å². The Morgan fingerprint density at radius 2 is 1.68 bits per heavy atom. The van der Waals surface area contributed by atoms with Gasteiger partial charge < -0.3 is 14.8 Å². The summed E-state index contributed by atoms with van der Waals surface area (Å²) in [6, 6.07) is 23.9. The van der Waals surface area contributed by atoms with Crippen molar-refractivity contribution in [1.82, 2.24) is 4.98 Å². The molecule has 1 unspecified atom stereocenters. The highest BCUT2D eigenvalue weighted by Gasteiger charge is 2.27. The van der Waals surface area contributed by atoms with E-state index in [0.717, 1.165) is 11.1 Å². The number of rotatable bonds is 8. The van der Waals surface area contributed by atoms with E-state index in [9.17, 15) is 9.59 Å². The van der Waals surface area contributed by atoms with Crippen LogP contribution in [-0.2, 0) is 9.53 Å². The lowest BCUT2D eigenvalue weighted by atomic mass is 10.1. The number of carbonyl (C=O) groups excluding carboxylic acids is 2. The lowest BCUT2D eigenvalue weighted by Gasteiger charge is -2.19. The van der Waals surface area contributed by atoms with Crippen LogP contribution in [0.4, 0.5) is 5.69 Å². The van der Waals surface area contributed by atoms with E-state index in [0.29, 0.717) is 28.6 Å². The predicted molar refractivity (Wildman–Crippen MR) is 133 cm³/mol. The van der Waals surface area contributed by atoms with Crippen molar-refractivity contribution < 1.29 is 19.1 Å². The quantitative estimate of drug-likeness (QED) is 0.316. The van der Waals surface area contributed by atoms with Crippen molar-refractivity contribution in [2.45, 2.75) is 20.0 Å². The van der Waals surface area contributed by atoms with Gasteiger partial charge in [-0.3, -0.25) is 4.79 Å². The number of hydrogen-bond donors (Lipinski definition) is 1. The van der Waals surface area contributed by atoms with Crippen molar-refractivity contribution in [3.05, 3.63) is 101 Å². The lowest BCUT2D eigenvalue weighted by molar-refractivity contribution is -0.125. The summed E-state index contributed by atoms with van der Waals surface area (Å²) in [6.07, 6.45) is -1.16. The molecule has 0 aliphatic heterocycles. The molecule has 0 fully saturated rings. The van der Waals surface area contributed by atoms with Gasteiger partial charge >= 0.3 is 5.97 Å². The Balaban J connectivity index is 1.56. The number of ether oxygens (including phenoxy) is 2. The summed E-state index contributed by atoms with van der Waals surface area (Å²) in [6.45, 7) is 4.33. The van der Waals surface area contributed by atoms with Gasteiger partial charge in [-0.1, -0.05) is 72.3 Å². The molecule has 1 N–H and O–H groups in total. The van der Waals surface area contributed by atoms with E-state index >= 15 is 0 Å². The molecule has 34 heavy (non-hydrogen) atoms.